The van der Waals surface area contributed by atoms with E-state index in [2.05, 4.69) is 45.5 Å². The standard InChI is InChI=1S/C37H28N4O4S2/c1-23-7-4-8-24(19-23)21-45-29-16-14-26(15-17-29)33(42)31-32(27-12-6-18-38-20-27)41(35(44)34(31)43)36-39-40-37(47-36)46-22-28-11-5-10-25-9-2-3-13-30(25)28/h2-20,32,42H,21-22H2,1H3/b33-31+. The summed E-state index contributed by atoms with van der Waals surface area (Å²) in [6, 6.07) is 31.8. The number of pyridine rings is 1. The fourth-order valence-corrected chi connectivity index (χ4v) is 7.50. The fraction of sp³-hybridized carbons (Fsp3) is 0.108. The lowest BCUT2D eigenvalue weighted by Gasteiger charge is -2.22. The SMILES string of the molecule is Cc1cccc(COc2ccc(/C(O)=C3\C(=O)C(=O)N(c4nnc(SCc5cccc6ccccc56)s4)C3c3cccnc3)cc2)c1. The molecule has 2 aromatic heterocycles. The number of carbonyl (C=O) groups excluding carboxylic acids is 2. The number of carbonyl (C=O) groups is 2. The number of aliphatic hydroxyl groups is 1. The minimum absolute atomic E-state index is 0.0448. The maximum atomic E-state index is 13.6. The molecule has 1 N–H and O–H groups in total. The third-order valence-corrected chi connectivity index (χ3v) is 10.00. The van der Waals surface area contributed by atoms with Crippen molar-refractivity contribution >= 4 is 56.5 Å². The van der Waals surface area contributed by atoms with Gasteiger partial charge in [0.15, 0.2) is 4.34 Å². The molecule has 10 heteroatoms. The lowest BCUT2D eigenvalue weighted by Crippen LogP contribution is -2.29. The first kappa shape index (κ1) is 30.3. The van der Waals surface area contributed by atoms with E-state index in [0.29, 0.717) is 33.6 Å². The van der Waals surface area contributed by atoms with Crippen LogP contribution in [-0.4, -0.2) is 32.0 Å². The fourth-order valence-electron chi connectivity index (χ4n) is 5.63. The lowest BCUT2D eigenvalue weighted by molar-refractivity contribution is -0.132. The van der Waals surface area contributed by atoms with Gasteiger partial charge in [-0.1, -0.05) is 101 Å². The number of nitrogens with zero attached hydrogens (tertiary/aromatic N) is 4. The Morgan fingerprint density at radius 2 is 1.74 bits per heavy atom. The number of hydrogen-bond acceptors (Lipinski definition) is 9. The maximum absolute atomic E-state index is 13.6. The van der Waals surface area contributed by atoms with Crippen LogP contribution >= 0.6 is 23.1 Å². The number of amides is 1. The number of Topliss-reactive ketones (excluding diaryl/α,β-unsaturated/α-hetero) is 1. The minimum atomic E-state index is -0.940. The van der Waals surface area contributed by atoms with Crippen LogP contribution in [0.25, 0.3) is 16.5 Å². The van der Waals surface area contributed by atoms with Gasteiger partial charge in [-0.2, -0.15) is 0 Å². The Bertz CT molecular complexity index is 2120. The van der Waals surface area contributed by atoms with Gasteiger partial charge in [-0.05, 0) is 64.7 Å². The highest BCUT2D eigenvalue weighted by atomic mass is 32.2. The molecule has 1 atom stereocenters. The normalized spacial score (nSPS) is 15.8. The van der Waals surface area contributed by atoms with Crippen LogP contribution in [0.15, 0.2) is 125 Å². The summed E-state index contributed by atoms with van der Waals surface area (Å²) in [5.41, 5.74) is 4.24. The zero-order valence-corrected chi connectivity index (χ0v) is 26.9. The van der Waals surface area contributed by atoms with Crippen LogP contribution in [0.3, 0.4) is 0 Å². The summed E-state index contributed by atoms with van der Waals surface area (Å²) in [6.07, 6.45) is 3.19. The first-order valence-electron chi connectivity index (χ1n) is 14.9. The Balaban J connectivity index is 1.16. The Hall–Kier alpha value is -5.32. The smallest absolute Gasteiger partial charge is 0.301 e. The summed E-state index contributed by atoms with van der Waals surface area (Å²) >= 11 is 2.74. The number of aliphatic hydroxyl groups excluding tert-OH is 1. The van der Waals surface area contributed by atoms with Gasteiger partial charge >= 0.3 is 5.91 Å². The summed E-state index contributed by atoms with van der Waals surface area (Å²) in [7, 11) is 0. The molecular formula is C37H28N4O4S2. The van der Waals surface area contributed by atoms with Crippen molar-refractivity contribution in [2.24, 2.45) is 0 Å². The first-order chi connectivity index (χ1) is 23.0. The number of aromatic nitrogens is 3. The number of fused-ring (bicyclic) bond motifs is 1. The summed E-state index contributed by atoms with van der Waals surface area (Å²) in [6.45, 7) is 2.42. The van der Waals surface area contributed by atoms with E-state index in [9.17, 15) is 14.7 Å². The quantitative estimate of drug-likeness (QED) is 0.0551. The van der Waals surface area contributed by atoms with Crippen molar-refractivity contribution in [3.63, 3.8) is 0 Å². The molecule has 8 nitrogen and oxygen atoms in total. The summed E-state index contributed by atoms with van der Waals surface area (Å²) in [5.74, 6) is -0.628. The van der Waals surface area contributed by atoms with E-state index < -0.39 is 17.7 Å². The molecule has 232 valence electrons. The van der Waals surface area contributed by atoms with Crippen LogP contribution in [0.4, 0.5) is 5.13 Å². The third-order valence-electron chi connectivity index (χ3n) is 7.89. The molecule has 6 aromatic rings. The van der Waals surface area contributed by atoms with Gasteiger partial charge in [0.25, 0.3) is 5.78 Å². The summed E-state index contributed by atoms with van der Waals surface area (Å²) in [5, 5.41) is 22.8. The predicted octanol–water partition coefficient (Wildman–Crippen LogP) is 7.89. The average molecular weight is 657 g/mol. The number of ketones is 1. The molecule has 1 saturated heterocycles. The monoisotopic (exact) mass is 656 g/mol. The van der Waals surface area contributed by atoms with E-state index in [0.717, 1.165) is 22.1 Å². The van der Waals surface area contributed by atoms with Gasteiger partial charge < -0.3 is 9.84 Å². The van der Waals surface area contributed by atoms with E-state index in [1.807, 2.05) is 43.3 Å². The number of benzene rings is 4. The summed E-state index contributed by atoms with van der Waals surface area (Å²) < 4.78 is 6.58. The lowest BCUT2D eigenvalue weighted by atomic mass is 9.96. The third kappa shape index (κ3) is 6.25. The van der Waals surface area contributed by atoms with Crippen molar-refractivity contribution in [1.29, 1.82) is 0 Å². The molecule has 3 heterocycles. The molecule has 1 aliphatic heterocycles. The highest BCUT2D eigenvalue weighted by molar-refractivity contribution is 8.00. The number of aryl methyl sites for hydroxylation is 1. The zero-order chi connectivity index (χ0) is 32.3. The second-order valence-corrected chi connectivity index (χ2v) is 13.2. The Labute approximate surface area is 279 Å². The molecule has 7 rings (SSSR count). The number of anilines is 1. The van der Waals surface area contributed by atoms with Gasteiger partial charge in [0.05, 0.1) is 11.6 Å². The van der Waals surface area contributed by atoms with E-state index in [1.165, 1.54) is 33.4 Å². The van der Waals surface area contributed by atoms with Gasteiger partial charge in [-0.25, -0.2) is 0 Å². The van der Waals surface area contributed by atoms with Crippen molar-refractivity contribution < 1.29 is 19.4 Å². The Morgan fingerprint density at radius 1 is 0.936 bits per heavy atom. The molecule has 0 aliphatic carbocycles. The second kappa shape index (κ2) is 13.2. The van der Waals surface area contributed by atoms with Gasteiger partial charge in [-0.15, -0.1) is 10.2 Å². The van der Waals surface area contributed by atoms with Crippen molar-refractivity contribution in [3.05, 3.63) is 149 Å². The number of thioether (sulfide) groups is 1. The van der Waals surface area contributed by atoms with Crippen molar-refractivity contribution in [1.82, 2.24) is 15.2 Å². The molecule has 4 aromatic carbocycles. The van der Waals surface area contributed by atoms with E-state index >= 15 is 0 Å². The highest BCUT2D eigenvalue weighted by Crippen LogP contribution is 2.44. The van der Waals surface area contributed by atoms with E-state index in [4.69, 9.17) is 4.74 Å². The van der Waals surface area contributed by atoms with Crippen molar-refractivity contribution in [3.8, 4) is 5.75 Å². The molecule has 1 amide bonds. The number of hydrogen-bond donors (Lipinski definition) is 1. The molecular weight excluding hydrogens is 629 g/mol. The van der Waals surface area contributed by atoms with Crippen LogP contribution in [0.1, 0.15) is 33.9 Å². The van der Waals surface area contributed by atoms with Gasteiger partial charge in [-0.3, -0.25) is 19.5 Å². The average Bonchev–Trinajstić information content (AvgIpc) is 3.68. The van der Waals surface area contributed by atoms with Crippen LogP contribution < -0.4 is 9.64 Å². The predicted molar refractivity (Wildman–Crippen MR) is 184 cm³/mol. The van der Waals surface area contributed by atoms with Gasteiger partial charge in [0.2, 0.25) is 5.13 Å². The van der Waals surface area contributed by atoms with Crippen LogP contribution in [-0.2, 0) is 21.9 Å². The summed E-state index contributed by atoms with van der Waals surface area (Å²) in [4.78, 5) is 32.7. The molecule has 0 radical (unpaired) electrons. The van der Waals surface area contributed by atoms with Crippen LogP contribution in [0.2, 0.25) is 0 Å². The van der Waals surface area contributed by atoms with Crippen molar-refractivity contribution in [2.75, 3.05) is 4.90 Å². The molecule has 1 aliphatic rings. The molecule has 0 saturated carbocycles. The van der Waals surface area contributed by atoms with Gasteiger partial charge in [0, 0.05) is 23.7 Å². The minimum Gasteiger partial charge on any atom is -0.507 e. The molecule has 0 spiro atoms. The van der Waals surface area contributed by atoms with Crippen molar-refractivity contribution in [2.45, 2.75) is 29.7 Å². The van der Waals surface area contributed by atoms with E-state index in [-0.39, 0.29) is 16.5 Å². The van der Waals surface area contributed by atoms with Crippen LogP contribution in [0, 0.1) is 6.92 Å². The second-order valence-electron chi connectivity index (χ2n) is 11.0. The first-order valence-corrected chi connectivity index (χ1v) is 16.7. The Kier molecular flexibility index (Phi) is 8.52. The largest absolute Gasteiger partial charge is 0.507 e. The topological polar surface area (TPSA) is 106 Å². The highest BCUT2D eigenvalue weighted by Gasteiger charge is 2.48. The zero-order valence-electron chi connectivity index (χ0n) is 25.2. The Morgan fingerprint density at radius 3 is 2.55 bits per heavy atom. The van der Waals surface area contributed by atoms with Crippen LogP contribution in [0.5, 0.6) is 5.75 Å². The number of ether oxygens (including phenoxy) is 1. The molecule has 0 bridgehead atoms. The molecule has 47 heavy (non-hydrogen) atoms. The molecule has 1 fully saturated rings. The van der Waals surface area contributed by atoms with Gasteiger partial charge in [0.1, 0.15) is 18.1 Å². The molecule has 1 unspecified atom stereocenters. The number of rotatable bonds is 9. The maximum Gasteiger partial charge on any atom is 0.301 e. The van der Waals surface area contributed by atoms with E-state index in [1.54, 1.807) is 48.8 Å².